The fraction of sp³-hybridized carbons (Fsp3) is 0.444. The van der Waals surface area contributed by atoms with Crippen molar-refractivity contribution in [3.8, 4) is 0 Å². The van der Waals surface area contributed by atoms with E-state index in [0.717, 1.165) is 16.9 Å². The Labute approximate surface area is 129 Å². The summed E-state index contributed by atoms with van der Waals surface area (Å²) in [6.45, 7) is 2.13. The quantitative estimate of drug-likeness (QED) is 0.798. The Balaban J connectivity index is 2.00. The number of esters is 1. The highest BCUT2D eigenvalue weighted by Crippen LogP contribution is 2.54. The SMILES string of the molecule is COC(=O)CCC1(C)C2=C(CC=C2)C(=O)CC1c1ccco1. The summed E-state index contributed by atoms with van der Waals surface area (Å²) in [4.78, 5) is 24.0. The number of carbonyl (C=O) groups excluding carboxylic acids is 2. The zero-order chi connectivity index (χ0) is 15.7. The van der Waals surface area contributed by atoms with Crippen molar-refractivity contribution in [1.29, 1.82) is 0 Å². The van der Waals surface area contributed by atoms with Gasteiger partial charge in [-0.3, -0.25) is 9.59 Å². The number of ketones is 1. The lowest BCUT2D eigenvalue weighted by Crippen LogP contribution is -2.35. The molecule has 2 aliphatic rings. The van der Waals surface area contributed by atoms with Gasteiger partial charge in [-0.25, -0.2) is 0 Å². The topological polar surface area (TPSA) is 56.5 Å². The molecule has 116 valence electrons. The Morgan fingerprint density at radius 3 is 3.00 bits per heavy atom. The van der Waals surface area contributed by atoms with Crippen LogP contribution in [0.5, 0.6) is 0 Å². The first kappa shape index (κ1) is 14.8. The third-order valence-corrected chi connectivity index (χ3v) is 5.00. The smallest absolute Gasteiger partial charge is 0.305 e. The molecule has 1 heterocycles. The number of carbonyl (C=O) groups is 2. The molecule has 0 bridgehead atoms. The van der Waals surface area contributed by atoms with Crippen molar-refractivity contribution in [2.45, 2.75) is 38.5 Å². The van der Waals surface area contributed by atoms with Gasteiger partial charge in [-0.1, -0.05) is 19.1 Å². The third-order valence-electron chi connectivity index (χ3n) is 5.00. The Hall–Kier alpha value is -2.10. The molecule has 0 fully saturated rings. The number of furan rings is 1. The lowest BCUT2D eigenvalue weighted by atomic mass is 9.61. The van der Waals surface area contributed by atoms with Crippen molar-refractivity contribution in [1.82, 2.24) is 0 Å². The van der Waals surface area contributed by atoms with E-state index in [-0.39, 0.29) is 23.1 Å². The molecule has 0 N–H and O–H groups in total. The Kier molecular flexibility index (Phi) is 3.77. The van der Waals surface area contributed by atoms with E-state index < -0.39 is 0 Å². The van der Waals surface area contributed by atoms with Gasteiger partial charge in [0.15, 0.2) is 5.78 Å². The fourth-order valence-corrected chi connectivity index (χ4v) is 3.70. The van der Waals surface area contributed by atoms with E-state index in [9.17, 15) is 9.59 Å². The monoisotopic (exact) mass is 300 g/mol. The molecular weight excluding hydrogens is 280 g/mol. The number of hydrogen-bond acceptors (Lipinski definition) is 4. The third kappa shape index (κ3) is 2.32. The first-order valence-electron chi connectivity index (χ1n) is 7.60. The molecule has 0 amide bonds. The molecule has 0 saturated carbocycles. The largest absolute Gasteiger partial charge is 0.469 e. The summed E-state index contributed by atoms with van der Waals surface area (Å²) in [5, 5.41) is 0. The van der Waals surface area contributed by atoms with Crippen LogP contribution < -0.4 is 0 Å². The normalized spacial score (nSPS) is 27.2. The van der Waals surface area contributed by atoms with Crippen LogP contribution in [0.2, 0.25) is 0 Å². The van der Waals surface area contributed by atoms with Gasteiger partial charge in [-0.2, -0.15) is 0 Å². The maximum absolute atomic E-state index is 12.4. The van der Waals surface area contributed by atoms with Crippen LogP contribution in [-0.4, -0.2) is 18.9 Å². The zero-order valence-electron chi connectivity index (χ0n) is 12.9. The van der Waals surface area contributed by atoms with Crippen molar-refractivity contribution in [2.24, 2.45) is 5.41 Å². The molecule has 4 heteroatoms. The molecule has 0 aromatic carbocycles. The maximum Gasteiger partial charge on any atom is 0.305 e. The van der Waals surface area contributed by atoms with E-state index in [2.05, 4.69) is 6.92 Å². The minimum Gasteiger partial charge on any atom is -0.469 e. The van der Waals surface area contributed by atoms with Crippen LogP contribution in [-0.2, 0) is 14.3 Å². The van der Waals surface area contributed by atoms with Gasteiger partial charge in [0.05, 0.1) is 13.4 Å². The minimum absolute atomic E-state index is 0.0406. The number of rotatable bonds is 4. The molecular formula is C18H20O4. The van der Waals surface area contributed by atoms with E-state index in [1.807, 2.05) is 24.3 Å². The lowest BCUT2D eigenvalue weighted by molar-refractivity contribution is -0.141. The summed E-state index contributed by atoms with van der Waals surface area (Å²) in [5.41, 5.74) is 1.67. The van der Waals surface area contributed by atoms with Gasteiger partial charge >= 0.3 is 5.97 Å². The summed E-state index contributed by atoms with van der Waals surface area (Å²) < 4.78 is 10.4. The van der Waals surface area contributed by atoms with Gasteiger partial charge in [0.1, 0.15) is 5.76 Å². The van der Waals surface area contributed by atoms with E-state index in [4.69, 9.17) is 9.15 Å². The Morgan fingerprint density at radius 2 is 2.32 bits per heavy atom. The van der Waals surface area contributed by atoms with Crippen LogP contribution in [0.15, 0.2) is 46.1 Å². The molecule has 1 aromatic rings. The van der Waals surface area contributed by atoms with Crippen LogP contribution in [0.4, 0.5) is 0 Å². The van der Waals surface area contributed by atoms with Gasteiger partial charge in [-0.05, 0) is 30.5 Å². The maximum atomic E-state index is 12.4. The van der Waals surface area contributed by atoms with Crippen LogP contribution in [0.1, 0.15) is 44.3 Å². The minimum atomic E-state index is -0.289. The Bertz CT molecular complexity index is 651. The zero-order valence-corrected chi connectivity index (χ0v) is 12.9. The lowest BCUT2D eigenvalue weighted by Gasteiger charge is -2.41. The fourth-order valence-electron chi connectivity index (χ4n) is 3.70. The van der Waals surface area contributed by atoms with Gasteiger partial charge in [0.2, 0.25) is 0 Å². The predicted molar refractivity (Wildman–Crippen MR) is 81.2 cm³/mol. The number of methoxy groups -OCH3 is 1. The van der Waals surface area contributed by atoms with Crippen LogP contribution in [0, 0.1) is 5.41 Å². The van der Waals surface area contributed by atoms with Crippen molar-refractivity contribution in [2.75, 3.05) is 7.11 Å². The molecule has 22 heavy (non-hydrogen) atoms. The molecule has 1 aromatic heterocycles. The predicted octanol–water partition coefficient (Wildman–Crippen LogP) is 3.55. The van der Waals surface area contributed by atoms with E-state index in [1.54, 1.807) is 6.26 Å². The Morgan fingerprint density at radius 1 is 1.50 bits per heavy atom. The second-order valence-corrected chi connectivity index (χ2v) is 6.19. The molecule has 0 saturated heterocycles. The molecule has 2 aliphatic carbocycles. The number of hydrogen-bond donors (Lipinski definition) is 0. The first-order chi connectivity index (χ1) is 10.6. The molecule has 0 aliphatic heterocycles. The highest BCUT2D eigenvalue weighted by Gasteiger charge is 2.46. The first-order valence-corrected chi connectivity index (χ1v) is 7.60. The highest BCUT2D eigenvalue weighted by molar-refractivity contribution is 5.99. The molecule has 4 nitrogen and oxygen atoms in total. The van der Waals surface area contributed by atoms with E-state index >= 15 is 0 Å². The molecule has 0 spiro atoms. The van der Waals surface area contributed by atoms with Gasteiger partial charge in [0, 0.05) is 29.7 Å². The van der Waals surface area contributed by atoms with Crippen LogP contribution in [0.3, 0.4) is 0 Å². The molecule has 0 radical (unpaired) electrons. The standard InChI is InChI=1S/C18H20O4/c1-18(9-8-17(20)21-2)13-6-3-5-12(13)15(19)11-14(18)16-7-4-10-22-16/h3-4,6-7,10,14H,5,8-9,11H2,1-2H3. The van der Waals surface area contributed by atoms with Crippen molar-refractivity contribution in [3.05, 3.63) is 47.5 Å². The van der Waals surface area contributed by atoms with Crippen LogP contribution >= 0.6 is 0 Å². The van der Waals surface area contributed by atoms with E-state index in [1.165, 1.54) is 7.11 Å². The highest BCUT2D eigenvalue weighted by atomic mass is 16.5. The number of Topliss-reactive ketones (excluding diaryl/α,β-unsaturated/α-hetero) is 1. The van der Waals surface area contributed by atoms with Gasteiger partial charge < -0.3 is 9.15 Å². The van der Waals surface area contributed by atoms with Crippen LogP contribution in [0.25, 0.3) is 0 Å². The molecule has 3 rings (SSSR count). The molecule has 2 atom stereocenters. The van der Waals surface area contributed by atoms with E-state index in [0.29, 0.717) is 25.7 Å². The van der Waals surface area contributed by atoms with Crippen molar-refractivity contribution < 1.29 is 18.7 Å². The number of ether oxygens (including phenoxy) is 1. The summed E-state index contributed by atoms with van der Waals surface area (Å²) in [7, 11) is 1.40. The van der Waals surface area contributed by atoms with Gasteiger partial charge in [-0.15, -0.1) is 0 Å². The summed E-state index contributed by atoms with van der Waals surface area (Å²) >= 11 is 0. The molecule has 2 unspecified atom stereocenters. The summed E-state index contributed by atoms with van der Waals surface area (Å²) in [6, 6.07) is 3.76. The van der Waals surface area contributed by atoms with Gasteiger partial charge in [0.25, 0.3) is 0 Å². The number of allylic oxidation sites excluding steroid dienone is 4. The second kappa shape index (κ2) is 5.59. The van der Waals surface area contributed by atoms with Crippen molar-refractivity contribution in [3.63, 3.8) is 0 Å². The average molecular weight is 300 g/mol. The van der Waals surface area contributed by atoms with Crippen molar-refractivity contribution >= 4 is 11.8 Å². The second-order valence-electron chi connectivity index (χ2n) is 6.19. The summed E-state index contributed by atoms with van der Waals surface area (Å²) in [5.74, 6) is 0.742. The average Bonchev–Trinajstić information content (AvgIpc) is 3.19. The summed E-state index contributed by atoms with van der Waals surface area (Å²) in [6.07, 6.45) is 7.82.